The third-order valence-corrected chi connectivity index (χ3v) is 4.00. The summed E-state index contributed by atoms with van der Waals surface area (Å²) in [5, 5.41) is 13.3. The SMILES string of the molecule is Cc1ccc(C(C)NCc2scnc2C)c(O)c1. The topological polar surface area (TPSA) is 45.2 Å². The fraction of sp³-hybridized carbons (Fsp3) is 0.357. The number of phenols is 1. The molecule has 0 saturated heterocycles. The van der Waals surface area contributed by atoms with E-state index in [2.05, 4.69) is 17.2 Å². The molecule has 3 nitrogen and oxygen atoms in total. The number of benzene rings is 1. The van der Waals surface area contributed by atoms with Crippen LogP contribution in [0.4, 0.5) is 0 Å². The molecule has 1 aromatic heterocycles. The van der Waals surface area contributed by atoms with Gasteiger partial charge in [0.2, 0.25) is 0 Å². The van der Waals surface area contributed by atoms with Gasteiger partial charge in [-0.3, -0.25) is 0 Å². The first-order valence-electron chi connectivity index (χ1n) is 6.00. The molecule has 1 heterocycles. The Kier molecular flexibility index (Phi) is 3.99. The van der Waals surface area contributed by atoms with E-state index in [1.807, 2.05) is 31.5 Å². The standard InChI is InChI=1S/C14H18N2OS/c1-9-4-5-12(13(17)6-9)10(2)15-7-14-11(3)16-8-18-14/h4-6,8,10,15,17H,7H2,1-3H3. The normalized spacial score (nSPS) is 12.6. The molecule has 1 aromatic carbocycles. The van der Waals surface area contributed by atoms with Crippen molar-refractivity contribution in [3.05, 3.63) is 45.4 Å². The van der Waals surface area contributed by atoms with Crippen LogP contribution in [0.25, 0.3) is 0 Å². The summed E-state index contributed by atoms with van der Waals surface area (Å²) in [6, 6.07) is 5.91. The number of thiazole rings is 1. The van der Waals surface area contributed by atoms with Crippen LogP contribution in [-0.2, 0) is 6.54 Å². The number of aromatic nitrogens is 1. The van der Waals surface area contributed by atoms with Gasteiger partial charge >= 0.3 is 0 Å². The van der Waals surface area contributed by atoms with Gasteiger partial charge in [0.05, 0.1) is 11.2 Å². The Morgan fingerprint density at radius 1 is 1.39 bits per heavy atom. The molecular weight excluding hydrogens is 244 g/mol. The Morgan fingerprint density at radius 2 is 2.17 bits per heavy atom. The number of phenolic OH excluding ortho intramolecular Hbond substituents is 1. The molecule has 96 valence electrons. The second-order valence-electron chi connectivity index (χ2n) is 4.53. The van der Waals surface area contributed by atoms with Crippen LogP contribution in [-0.4, -0.2) is 10.1 Å². The van der Waals surface area contributed by atoms with Crippen LogP contribution in [0.3, 0.4) is 0 Å². The van der Waals surface area contributed by atoms with Crippen LogP contribution in [0.5, 0.6) is 5.75 Å². The minimum absolute atomic E-state index is 0.118. The predicted octanol–water partition coefficient (Wildman–Crippen LogP) is 3.32. The minimum Gasteiger partial charge on any atom is -0.508 e. The zero-order valence-electron chi connectivity index (χ0n) is 10.9. The highest BCUT2D eigenvalue weighted by molar-refractivity contribution is 7.09. The summed E-state index contributed by atoms with van der Waals surface area (Å²) >= 11 is 1.66. The fourth-order valence-electron chi connectivity index (χ4n) is 1.87. The molecule has 2 N–H and O–H groups in total. The Labute approximate surface area is 112 Å². The first-order chi connectivity index (χ1) is 8.58. The Hall–Kier alpha value is -1.39. The molecule has 2 rings (SSSR count). The van der Waals surface area contributed by atoms with Gasteiger partial charge in [-0.25, -0.2) is 4.98 Å². The lowest BCUT2D eigenvalue weighted by Gasteiger charge is -2.15. The number of rotatable bonds is 4. The van der Waals surface area contributed by atoms with Crippen LogP contribution in [0, 0.1) is 13.8 Å². The van der Waals surface area contributed by atoms with Crippen molar-refractivity contribution in [3.63, 3.8) is 0 Å². The predicted molar refractivity (Wildman–Crippen MR) is 74.9 cm³/mol. The number of nitrogens with one attached hydrogen (secondary N) is 1. The van der Waals surface area contributed by atoms with Gasteiger partial charge in [0.25, 0.3) is 0 Å². The fourth-order valence-corrected chi connectivity index (χ4v) is 2.60. The van der Waals surface area contributed by atoms with Crippen molar-refractivity contribution in [3.8, 4) is 5.75 Å². The number of nitrogens with zero attached hydrogens (tertiary/aromatic N) is 1. The highest BCUT2D eigenvalue weighted by atomic mass is 32.1. The zero-order valence-corrected chi connectivity index (χ0v) is 11.7. The van der Waals surface area contributed by atoms with Crippen molar-refractivity contribution in [2.75, 3.05) is 0 Å². The van der Waals surface area contributed by atoms with E-state index in [0.29, 0.717) is 5.75 Å². The molecule has 2 aromatic rings. The summed E-state index contributed by atoms with van der Waals surface area (Å²) in [4.78, 5) is 5.47. The molecule has 1 atom stereocenters. The average molecular weight is 262 g/mol. The molecule has 0 amide bonds. The van der Waals surface area contributed by atoms with Crippen molar-refractivity contribution < 1.29 is 5.11 Å². The molecule has 0 spiro atoms. The van der Waals surface area contributed by atoms with Gasteiger partial charge < -0.3 is 10.4 Å². The van der Waals surface area contributed by atoms with E-state index in [4.69, 9.17) is 0 Å². The van der Waals surface area contributed by atoms with E-state index in [1.165, 1.54) is 4.88 Å². The molecule has 0 aliphatic rings. The lowest BCUT2D eigenvalue weighted by Crippen LogP contribution is -2.18. The number of hydrogen-bond acceptors (Lipinski definition) is 4. The van der Waals surface area contributed by atoms with Crippen LogP contribution in [0.1, 0.15) is 34.7 Å². The summed E-state index contributed by atoms with van der Waals surface area (Å²) in [6.45, 7) is 6.83. The van der Waals surface area contributed by atoms with E-state index >= 15 is 0 Å². The maximum absolute atomic E-state index is 9.92. The molecule has 0 fully saturated rings. The first-order valence-corrected chi connectivity index (χ1v) is 6.87. The van der Waals surface area contributed by atoms with E-state index in [1.54, 1.807) is 17.4 Å². The lowest BCUT2D eigenvalue weighted by molar-refractivity contribution is 0.452. The van der Waals surface area contributed by atoms with Gasteiger partial charge in [0.15, 0.2) is 0 Å². The van der Waals surface area contributed by atoms with Crippen LogP contribution >= 0.6 is 11.3 Å². The largest absolute Gasteiger partial charge is 0.508 e. The Bertz CT molecular complexity index is 536. The molecular formula is C14H18N2OS. The van der Waals surface area contributed by atoms with Crippen molar-refractivity contribution >= 4 is 11.3 Å². The van der Waals surface area contributed by atoms with E-state index in [9.17, 15) is 5.11 Å². The second kappa shape index (κ2) is 5.50. The van der Waals surface area contributed by atoms with Crippen LogP contribution < -0.4 is 5.32 Å². The van der Waals surface area contributed by atoms with Crippen molar-refractivity contribution in [1.82, 2.24) is 10.3 Å². The number of aryl methyl sites for hydroxylation is 2. The summed E-state index contributed by atoms with van der Waals surface area (Å²) in [6.07, 6.45) is 0. The van der Waals surface area contributed by atoms with E-state index in [0.717, 1.165) is 23.4 Å². The van der Waals surface area contributed by atoms with E-state index in [-0.39, 0.29) is 6.04 Å². The van der Waals surface area contributed by atoms with Gasteiger partial charge in [0, 0.05) is 23.0 Å². The van der Waals surface area contributed by atoms with E-state index < -0.39 is 0 Å². The number of aromatic hydroxyl groups is 1. The quantitative estimate of drug-likeness (QED) is 0.888. The van der Waals surface area contributed by atoms with Gasteiger partial charge in [0.1, 0.15) is 5.75 Å². The maximum Gasteiger partial charge on any atom is 0.120 e. The summed E-state index contributed by atoms with van der Waals surface area (Å²) < 4.78 is 0. The second-order valence-corrected chi connectivity index (χ2v) is 5.47. The molecule has 0 aliphatic carbocycles. The van der Waals surface area contributed by atoms with Crippen molar-refractivity contribution in [2.24, 2.45) is 0 Å². The van der Waals surface area contributed by atoms with Crippen LogP contribution in [0.15, 0.2) is 23.7 Å². The van der Waals surface area contributed by atoms with Crippen LogP contribution in [0.2, 0.25) is 0 Å². The molecule has 18 heavy (non-hydrogen) atoms. The smallest absolute Gasteiger partial charge is 0.120 e. The van der Waals surface area contributed by atoms with Gasteiger partial charge in [-0.2, -0.15) is 0 Å². The number of hydrogen-bond donors (Lipinski definition) is 2. The van der Waals surface area contributed by atoms with Crippen molar-refractivity contribution in [2.45, 2.75) is 33.4 Å². The van der Waals surface area contributed by atoms with Gasteiger partial charge in [-0.1, -0.05) is 12.1 Å². The third kappa shape index (κ3) is 2.89. The summed E-state index contributed by atoms with van der Waals surface area (Å²) in [7, 11) is 0. The molecule has 0 radical (unpaired) electrons. The zero-order chi connectivity index (χ0) is 13.1. The molecule has 4 heteroatoms. The molecule has 0 saturated carbocycles. The highest BCUT2D eigenvalue weighted by Gasteiger charge is 2.11. The monoisotopic (exact) mass is 262 g/mol. The third-order valence-electron chi connectivity index (χ3n) is 3.07. The summed E-state index contributed by atoms with van der Waals surface area (Å²) in [5.74, 6) is 0.357. The minimum atomic E-state index is 0.118. The lowest BCUT2D eigenvalue weighted by atomic mass is 10.1. The van der Waals surface area contributed by atoms with Gasteiger partial charge in [-0.15, -0.1) is 11.3 Å². The molecule has 1 unspecified atom stereocenters. The molecule has 0 bridgehead atoms. The first kappa shape index (κ1) is 13.1. The van der Waals surface area contributed by atoms with Gasteiger partial charge in [-0.05, 0) is 32.4 Å². The Balaban J connectivity index is 2.03. The maximum atomic E-state index is 9.92. The average Bonchev–Trinajstić information content (AvgIpc) is 2.72. The highest BCUT2D eigenvalue weighted by Crippen LogP contribution is 2.25. The summed E-state index contributed by atoms with van der Waals surface area (Å²) in [5.41, 5.74) is 4.94. The van der Waals surface area contributed by atoms with Crippen molar-refractivity contribution in [1.29, 1.82) is 0 Å². The molecule has 0 aliphatic heterocycles. The Morgan fingerprint density at radius 3 is 2.78 bits per heavy atom.